The number of likely N-dealkylation sites (N-methyl/N-ethyl adjacent to an activating group) is 1. The molecular formula is C21H26ClF2N5O2. The van der Waals surface area contributed by atoms with Gasteiger partial charge in [-0.15, -0.1) is 0 Å². The van der Waals surface area contributed by atoms with Crippen molar-refractivity contribution in [2.75, 3.05) is 50.7 Å². The number of hydrogen-bond donors (Lipinski definition) is 0. The van der Waals surface area contributed by atoms with Crippen LogP contribution in [0.1, 0.15) is 20.3 Å². The van der Waals surface area contributed by atoms with Crippen molar-refractivity contribution in [3.63, 3.8) is 0 Å². The average molecular weight is 454 g/mol. The zero-order chi connectivity index (χ0) is 22.5. The van der Waals surface area contributed by atoms with E-state index in [-0.39, 0.29) is 16.6 Å². The minimum absolute atomic E-state index is 0.0774. The lowest BCUT2D eigenvalue weighted by atomic mass is 10.3. The third kappa shape index (κ3) is 5.22. The quantitative estimate of drug-likeness (QED) is 0.672. The van der Waals surface area contributed by atoms with Gasteiger partial charge in [-0.05, 0) is 32.4 Å². The smallest absolute Gasteiger partial charge is 0.292 e. The fourth-order valence-electron chi connectivity index (χ4n) is 3.71. The van der Waals surface area contributed by atoms with Crippen molar-refractivity contribution < 1.29 is 13.6 Å². The molecule has 1 aromatic heterocycles. The van der Waals surface area contributed by atoms with Gasteiger partial charge >= 0.3 is 0 Å². The van der Waals surface area contributed by atoms with E-state index in [1.807, 2.05) is 18.7 Å². The van der Waals surface area contributed by atoms with Crippen LogP contribution in [0.3, 0.4) is 0 Å². The van der Waals surface area contributed by atoms with Crippen molar-refractivity contribution >= 4 is 23.2 Å². The number of carbonyl (C=O) groups is 1. The normalized spacial score (nSPS) is 15.1. The van der Waals surface area contributed by atoms with Gasteiger partial charge in [0.2, 0.25) is 5.91 Å². The number of halogens is 3. The summed E-state index contributed by atoms with van der Waals surface area (Å²) in [4.78, 5) is 31.0. The maximum Gasteiger partial charge on any atom is 0.292 e. The van der Waals surface area contributed by atoms with Crippen LogP contribution in [0.15, 0.2) is 29.2 Å². The lowest BCUT2D eigenvalue weighted by Crippen LogP contribution is -2.41. The Balaban J connectivity index is 1.75. The summed E-state index contributed by atoms with van der Waals surface area (Å²) in [5.74, 6) is -1.55. The molecule has 0 saturated carbocycles. The second-order valence-corrected chi connectivity index (χ2v) is 7.72. The number of benzene rings is 1. The van der Waals surface area contributed by atoms with Gasteiger partial charge in [-0.25, -0.2) is 8.78 Å². The van der Waals surface area contributed by atoms with Crippen LogP contribution in [0.25, 0.3) is 5.69 Å². The maximum absolute atomic E-state index is 14.1. The number of rotatable bonds is 6. The summed E-state index contributed by atoms with van der Waals surface area (Å²) in [5, 5.41) is 3.98. The summed E-state index contributed by atoms with van der Waals surface area (Å²) in [7, 11) is 0. The summed E-state index contributed by atoms with van der Waals surface area (Å²) < 4.78 is 28.1. The Morgan fingerprint density at radius 1 is 1.13 bits per heavy atom. The highest BCUT2D eigenvalue weighted by Gasteiger charge is 2.22. The molecule has 31 heavy (non-hydrogen) atoms. The number of aromatic nitrogens is 2. The SMILES string of the molecule is CCN(CC)C(=O)CN1CCCN(c2cnn(-c3ccc(F)cc3F)c(=O)c2Cl)CC1. The first-order chi connectivity index (χ1) is 14.8. The molecule has 0 atom stereocenters. The van der Waals surface area contributed by atoms with Crippen molar-refractivity contribution in [1.29, 1.82) is 0 Å². The molecule has 168 valence electrons. The van der Waals surface area contributed by atoms with Gasteiger partial charge in [0.05, 0.1) is 18.4 Å². The third-order valence-electron chi connectivity index (χ3n) is 5.44. The molecule has 10 heteroatoms. The van der Waals surface area contributed by atoms with Gasteiger partial charge < -0.3 is 9.80 Å². The van der Waals surface area contributed by atoms with Crippen LogP contribution in [0, 0.1) is 11.6 Å². The Morgan fingerprint density at radius 3 is 2.55 bits per heavy atom. The van der Waals surface area contributed by atoms with E-state index in [4.69, 9.17) is 11.6 Å². The molecule has 7 nitrogen and oxygen atoms in total. The summed E-state index contributed by atoms with van der Waals surface area (Å²) in [6, 6.07) is 2.89. The van der Waals surface area contributed by atoms with Gasteiger partial charge in [0.25, 0.3) is 5.56 Å². The van der Waals surface area contributed by atoms with Crippen LogP contribution in [-0.2, 0) is 4.79 Å². The van der Waals surface area contributed by atoms with E-state index in [2.05, 4.69) is 10.00 Å². The van der Waals surface area contributed by atoms with E-state index in [0.29, 0.717) is 51.0 Å². The molecule has 2 heterocycles. The van der Waals surface area contributed by atoms with Crippen LogP contribution >= 0.6 is 11.6 Å². The topological polar surface area (TPSA) is 61.7 Å². The van der Waals surface area contributed by atoms with E-state index in [0.717, 1.165) is 29.8 Å². The van der Waals surface area contributed by atoms with Crippen LogP contribution < -0.4 is 10.5 Å². The molecule has 2 aromatic rings. The van der Waals surface area contributed by atoms with Crippen molar-refractivity contribution in [2.45, 2.75) is 20.3 Å². The van der Waals surface area contributed by atoms with Crippen molar-refractivity contribution in [1.82, 2.24) is 19.6 Å². The summed E-state index contributed by atoms with van der Waals surface area (Å²) in [6.45, 7) is 8.25. The predicted octanol–water partition coefficient (Wildman–Crippen LogP) is 2.54. The predicted molar refractivity (Wildman–Crippen MR) is 116 cm³/mol. The second kappa shape index (κ2) is 10.2. The number of carbonyl (C=O) groups excluding carboxylic acids is 1. The molecule has 0 spiro atoms. The molecule has 0 unspecified atom stereocenters. The maximum atomic E-state index is 14.1. The van der Waals surface area contributed by atoms with Gasteiger partial charge in [0, 0.05) is 45.3 Å². The van der Waals surface area contributed by atoms with Gasteiger partial charge in [0.15, 0.2) is 5.82 Å². The van der Waals surface area contributed by atoms with Gasteiger partial charge in [-0.2, -0.15) is 9.78 Å². The van der Waals surface area contributed by atoms with Crippen molar-refractivity contribution in [2.24, 2.45) is 0 Å². The standard InChI is InChI=1S/C21H26ClF2N5O2/c1-3-27(4-2)19(30)14-26-8-5-9-28(11-10-26)18-13-25-29(21(31)20(18)22)17-7-6-15(23)12-16(17)24/h6-7,12-13H,3-5,8-11,14H2,1-2H3. The van der Waals surface area contributed by atoms with Crippen LogP contribution in [-0.4, -0.2) is 71.3 Å². The second-order valence-electron chi connectivity index (χ2n) is 7.34. The number of anilines is 1. The molecule has 1 aliphatic rings. The highest BCUT2D eigenvalue weighted by Crippen LogP contribution is 2.23. The molecule has 0 bridgehead atoms. The molecule has 1 aliphatic heterocycles. The Morgan fingerprint density at radius 2 is 1.87 bits per heavy atom. The molecule has 0 radical (unpaired) electrons. The zero-order valence-corrected chi connectivity index (χ0v) is 18.4. The number of nitrogens with zero attached hydrogens (tertiary/aromatic N) is 5. The molecule has 1 aromatic carbocycles. The van der Waals surface area contributed by atoms with Crippen LogP contribution in [0.4, 0.5) is 14.5 Å². The lowest BCUT2D eigenvalue weighted by molar-refractivity contribution is -0.132. The first-order valence-corrected chi connectivity index (χ1v) is 10.7. The summed E-state index contributed by atoms with van der Waals surface area (Å²) in [6.07, 6.45) is 2.21. The Labute approximate surface area is 184 Å². The Hall–Kier alpha value is -2.52. The van der Waals surface area contributed by atoms with Gasteiger partial charge in [-0.1, -0.05) is 11.6 Å². The molecule has 0 aliphatic carbocycles. The molecule has 0 N–H and O–H groups in total. The molecule has 1 saturated heterocycles. The Bertz CT molecular complexity index is 996. The van der Waals surface area contributed by atoms with Crippen LogP contribution in [0.2, 0.25) is 5.02 Å². The van der Waals surface area contributed by atoms with Crippen molar-refractivity contribution in [3.8, 4) is 5.69 Å². The fourth-order valence-corrected chi connectivity index (χ4v) is 3.96. The number of hydrogen-bond acceptors (Lipinski definition) is 5. The monoisotopic (exact) mass is 453 g/mol. The first kappa shape index (κ1) is 23.1. The summed E-state index contributed by atoms with van der Waals surface area (Å²) in [5.41, 5.74) is -0.387. The van der Waals surface area contributed by atoms with E-state index in [1.54, 1.807) is 4.90 Å². The van der Waals surface area contributed by atoms with Gasteiger partial charge in [-0.3, -0.25) is 14.5 Å². The largest absolute Gasteiger partial charge is 0.368 e. The third-order valence-corrected chi connectivity index (χ3v) is 5.80. The molecule has 1 fully saturated rings. The van der Waals surface area contributed by atoms with Crippen molar-refractivity contribution in [3.05, 3.63) is 51.4 Å². The van der Waals surface area contributed by atoms with E-state index >= 15 is 0 Å². The molecule has 3 rings (SSSR count). The molecule has 1 amide bonds. The summed E-state index contributed by atoms with van der Waals surface area (Å²) >= 11 is 6.33. The first-order valence-electron chi connectivity index (χ1n) is 10.3. The van der Waals surface area contributed by atoms with E-state index in [9.17, 15) is 18.4 Å². The minimum Gasteiger partial charge on any atom is -0.368 e. The highest BCUT2D eigenvalue weighted by atomic mass is 35.5. The van der Waals surface area contributed by atoms with E-state index < -0.39 is 17.2 Å². The van der Waals surface area contributed by atoms with Crippen LogP contribution in [0.5, 0.6) is 0 Å². The lowest BCUT2D eigenvalue weighted by Gasteiger charge is -2.26. The van der Waals surface area contributed by atoms with E-state index in [1.165, 1.54) is 6.20 Å². The fraction of sp³-hybridized carbons (Fsp3) is 0.476. The average Bonchev–Trinajstić information content (AvgIpc) is 2.97. The highest BCUT2D eigenvalue weighted by molar-refractivity contribution is 6.33. The minimum atomic E-state index is -0.901. The zero-order valence-electron chi connectivity index (χ0n) is 17.7. The molecular weight excluding hydrogens is 428 g/mol. The Kier molecular flexibility index (Phi) is 7.61. The number of amides is 1. The van der Waals surface area contributed by atoms with Gasteiger partial charge in [0.1, 0.15) is 16.5 Å².